The van der Waals surface area contributed by atoms with Crippen LogP contribution in [0.15, 0.2) is 29.5 Å². The predicted octanol–water partition coefficient (Wildman–Crippen LogP) is 1.33. The normalized spacial score (nSPS) is 10.3. The molecule has 0 aliphatic carbocycles. The lowest BCUT2D eigenvalue weighted by molar-refractivity contribution is 0.752. The highest BCUT2D eigenvalue weighted by atomic mass is 35.5. The maximum Gasteiger partial charge on any atom is 0.294 e. The molecule has 2 heterocycles. The van der Waals surface area contributed by atoms with Crippen molar-refractivity contribution < 1.29 is 0 Å². The van der Waals surface area contributed by atoms with Gasteiger partial charge in [0, 0.05) is 12.4 Å². The van der Waals surface area contributed by atoms with Crippen molar-refractivity contribution in [3.63, 3.8) is 0 Å². The SMILES string of the molecule is O=c1c(Cl)c(Cl)cnn1-c1ncccn1. The van der Waals surface area contributed by atoms with Crippen LogP contribution in [0, 0.1) is 0 Å². The van der Waals surface area contributed by atoms with Gasteiger partial charge >= 0.3 is 0 Å². The molecule has 0 atom stereocenters. The highest BCUT2D eigenvalue weighted by molar-refractivity contribution is 6.41. The molecule has 15 heavy (non-hydrogen) atoms. The van der Waals surface area contributed by atoms with Gasteiger partial charge in [0.1, 0.15) is 5.02 Å². The molecule has 0 aromatic carbocycles. The minimum absolute atomic E-state index is 0.0980. The third kappa shape index (κ3) is 1.84. The van der Waals surface area contributed by atoms with Gasteiger partial charge in [0.05, 0.1) is 11.2 Å². The summed E-state index contributed by atoms with van der Waals surface area (Å²) >= 11 is 11.3. The molecular formula is C8H4Cl2N4O. The van der Waals surface area contributed by atoms with Crippen molar-refractivity contribution in [2.75, 3.05) is 0 Å². The van der Waals surface area contributed by atoms with Crippen molar-refractivity contribution in [3.05, 3.63) is 45.1 Å². The largest absolute Gasteiger partial charge is 0.294 e. The van der Waals surface area contributed by atoms with Crippen LogP contribution < -0.4 is 5.56 Å². The summed E-state index contributed by atoms with van der Waals surface area (Å²) in [4.78, 5) is 19.3. The van der Waals surface area contributed by atoms with E-state index in [2.05, 4.69) is 15.1 Å². The molecule has 2 aromatic rings. The summed E-state index contributed by atoms with van der Waals surface area (Å²) < 4.78 is 0.980. The Kier molecular flexibility index (Phi) is 2.66. The van der Waals surface area contributed by atoms with Crippen LogP contribution in [0.5, 0.6) is 0 Å². The summed E-state index contributed by atoms with van der Waals surface area (Å²) in [5.41, 5.74) is -0.546. The zero-order valence-corrected chi connectivity index (χ0v) is 8.77. The molecule has 0 saturated carbocycles. The molecule has 0 spiro atoms. The average Bonchev–Trinajstić information content (AvgIpc) is 2.27. The predicted molar refractivity (Wildman–Crippen MR) is 55.4 cm³/mol. The molecule has 0 aliphatic rings. The Balaban J connectivity index is 2.66. The van der Waals surface area contributed by atoms with Crippen molar-refractivity contribution in [2.45, 2.75) is 0 Å². The van der Waals surface area contributed by atoms with Gasteiger partial charge in [0.25, 0.3) is 11.5 Å². The second-order valence-corrected chi connectivity index (χ2v) is 3.36. The Morgan fingerprint density at radius 1 is 1.20 bits per heavy atom. The van der Waals surface area contributed by atoms with E-state index < -0.39 is 5.56 Å². The summed E-state index contributed by atoms with van der Waals surface area (Å²) in [6.07, 6.45) is 4.26. The third-order valence-corrected chi connectivity index (χ3v) is 2.37. The quantitative estimate of drug-likeness (QED) is 0.757. The first kappa shape index (κ1) is 10.1. The smallest absolute Gasteiger partial charge is 0.266 e. The van der Waals surface area contributed by atoms with Gasteiger partial charge in [-0.3, -0.25) is 4.79 Å². The molecule has 76 valence electrons. The average molecular weight is 243 g/mol. The van der Waals surface area contributed by atoms with Gasteiger partial charge in [0.2, 0.25) is 0 Å². The van der Waals surface area contributed by atoms with E-state index in [1.165, 1.54) is 18.6 Å². The van der Waals surface area contributed by atoms with Crippen molar-refractivity contribution in [3.8, 4) is 5.95 Å². The Hall–Kier alpha value is -1.46. The molecular weight excluding hydrogens is 239 g/mol. The van der Waals surface area contributed by atoms with Crippen LogP contribution >= 0.6 is 23.2 Å². The number of aromatic nitrogens is 4. The number of hydrogen-bond acceptors (Lipinski definition) is 4. The van der Waals surface area contributed by atoms with Crippen LogP contribution in [0.3, 0.4) is 0 Å². The van der Waals surface area contributed by atoms with E-state index in [9.17, 15) is 4.79 Å². The fourth-order valence-corrected chi connectivity index (χ4v) is 1.21. The van der Waals surface area contributed by atoms with E-state index in [1.807, 2.05) is 0 Å². The lowest BCUT2D eigenvalue weighted by atomic mass is 10.5. The standard InChI is InChI=1S/C8H4Cl2N4O/c9-5-4-13-14(7(15)6(5)10)8-11-2-1-3-12-8/h1-4H. The van der Waals surface area contributed by atoms with Gasteiger partial charge in [-0.05, 0) is 6.07 Å². The maximum atomic E-state index is 11.6. The Morgan fingerprint density at radius 3 is 2.53 bits per heavy atom. The van der Waals surface area contributed by atoms with Crippen molar-refractivity contribution in [1.29, 1.82) is 0 Å². The van der Waals surface area contributed by atoms with Crippen LogP contribution in [0.1, 0.15) is 0 Å². The molecule has 0 radical (unpaired) electrons. The van der Waals surface area contributed by atoms with Crippen LogP contribution in [0.25, 0.3) is 5.95 Å². The van der Waals surface area contributed by atoms with E-state index in [0.717, 1.165) is 4.68 Å². The lowest BCUT2D eigenvalue weighted by Gasteiger charge is -2.01. The summed E-state index contributed by atoms with van der Waals surface area (Å²) in [7, 11) is 0. The Morgan fingerprint density at radius 2 is 1.87 bits per heavy atom. The zero-order chi connectivity index (χ0) is 10.8. The molecule has 0 aliphatic heterocycles. The maximum absolute atomic E-state index is 11.6. The van der Waals surface area contributed by atoms with E-state index in [4.69, 9.17) is 23.2 Å². The van der Waals surface area contributed by atoms with Gasteiger partial charge in [0.15, 0.2) is 0 Å². The second kappa shape index (κ2) is 3.96. The van der Waals surface area contributed by atoms with Gasteiger partial charge in [-0.15, -0.1) is 0 Å². The van der Waals surface area contributed by atoms with Gasteiger partial charge in [-0.1, -0.05) is 23.2 Å². The van der Waals surface area contributed by atoms with Crippen LogP contribution in [-0.2, 0) is 0 Å². The molecule has 5 nitrogen and oxygen atoms in total. The van der Waals surface area contributed by atoms with Gasteiger partial charge in [-0.2, -0.15) is 9.78 Å². The zero-order valence-electron chi connectivity index (χ0n) is 7.26. The van der Waals surface area contributed by atoms with E-state index in [1.54, 1.807) is 6.07 Å². The van der Waals surface area contributed by atoms with Gasteiger partial charge < -0.3 is 0 Å². The fourth-order valence-electron chi connectivity index (χ4n) is 0.956. The third-order valence-electron chi connectivity index (χ3n) is 1.62. The topological polar surface area (TPSA) is 60.7 Å². The molecule has 0 bridgehead atoms. The first-order valence-electron chi connectivity index (χ1n) is 3.91. The van der Waals surface area contributed by atoms with E-state index in [-0.39, 0.29) is 16.0 Å². The molecule has 0 unspecified atom stereocenters. The van der Waals surface area contributed by atoms with Crippen molar-refractivity contribution in [1.82, 2.24) is 19.7 Å². The minimum Gasteiger partial charge on any atom is -0.266 e. The molecule has 0 fully saturated rings. The molecule has 0 N–H and O–H groups in total. The molecule has 2 rings (SSSR count). The molecule has 7 heteroatoms. The highest BCUT2D eigenvalue weighted by Crippen LogP contribution is 2.14. The summed E-state index contributed by atoms with van der Waals surface area (Å²) in [5.74, 6) is 0.154. The number of halogens is 2. The fraction of sp³-hybridized carbons (Fsp3) is 0. The first-order valence-corrected chi connectivity index (χ1v) is 4.66. The Labute approximate surface area is 94.3 Å². The molecule has 0 amide bonds. The minimum atomic E-state index is -0.546. The van der Waals surface area contributed by atoms with Crippen molar-refractivity contribution in [2.24, 2.45) is 0 Å². The Bertz CT molecular complexity index is 540. The van der Waals surface area contributed by atoms with E-state index in [0.29, 0.717) is 0 Å². The number of nitrogens with zero attached hydrogens (tertiary/aromatic N) is 4. The summed E-state index contributed by atoms with van der Waals surface area (Å²) in [6.45, 7) is 0. The second-order valence-electron chi connectivity index (χ2n) is 2.57. The lowest BCUT2D eigenvalue weighted by Crippen LogP contribution is -2.23. The van der Waals surface area contributed by atoms with Crippen LogP contribution in [0.4, 0.5) is 0 Å². The monoisotopic (exact) mass is 242 g/mol. The highest BCUT2D eigenvalue weighted by Gasteiger charge is 2.09. The summed E-state index contributed by atoms with van der Waals surface area (Å²) in [5, 5.41) is 3.78. The van der Waals surface area contributed by atoms with Gasteiger partial charge in [-0.25, -0.2) is 9.97 Å². The molecule has 2 aromatic heterocycles. The number of hydrogen-bond donors (Lipinski definition) is 0. The first-order chi connectivity index (χ1) is 7.20. The molecule has 0 saturated heterocycles. The van der Waals surface area contributed by atoms with E-state index >= 15 is 0 Å². The summed E-state index contributed by atoms with van der Waals surface area (Å²) in [6, 6.07) is 1.63. The number of rotatable bonds is 1. The van der Waals surface area contributed by atoms with Crippen LogP contribution in [-0.4, -0.2) is 19.7 Å². The van der Waals surface area contributed by atoms with Crippen LogP contribution in [0.2, 0.25) is 10.0 Å². The van der Waals surface area contributed by atoms with Crippen molar-refractivity contribution >= 4 is 23.2 Å².